The Morgan fingerprint density at radius 1 is 1.61 bits per heavy atom. The number of hydrogen-bond donors (Lipinski definition) is 1. The van der Waals surface area contributed by atoms with Crippen molar-refractivity contribution in [1.29, 1.82) is 0 Å². The Kier molecular flexibility index (Phi) is 6.21. The van der Waals surface area contributed by atoms with Gasteiger partial charge in [0.05, 0.1) is 12.4 Å². The number of nitrogens with one attached hydrogen (secondary N) is 1. The molecule has 0 bridgehead atoms. The van der Waals surface area contributed by atoms with E-state index in [9.17, 15) is 4.79 Å². The van der Waals surface area contributed by atoms with Gasteiger partial charge in [0.25, 0.3) is 5.91 Å². The Bertz CT molecular complexity index is 365. The van der Waals surface area contributed by atoms with Crippen LogP contribution in [0.5, 0.6) is 5.75 Å². The molecular formula is C12H21N3O3. The van der Waals surface area contributed by atoms with E-state index in [-0.39, 0.29) is 5.91 Å². The van der Waals surface area contributed by atoms with Gasteiger partial charge in [-0.15, -0.1) is 0 Å². The number of ether oxygens (including phenoxy) is 2. The van der Waals surface area contributed by atoms with E-state index in [1.165, 1.54) is 0 Å². The lowest BCUT2D eigenvalue weighted by atomic mass is 10.3. The van der Waals surface area contributed by atoms with Crippen LogP contribution in [0.3, 0.4) is 0 Å². The molecule has 0 aromatic carbocycles. The number of aryl methyl sites for hydroxylation is 1. The first-order valence-electron chi connectivity index (χ1n) is 6.13. The molecule has 1 atom stereocenters. The lowest BCUT2D eigenvalue weighted by Gasteiger charge is -2.13. The summed E-state index contributed by atoms with van der Waals surface area (Å²) in [7, 11) is 1.64. The number of aromatic nitrogens is 2. The first-order valence-corrected chi connectivity index (χ1v) is 6.13. The maximum absolute atomic E-state index is 11.7. The Morgan fingerprint density at radius 2 is 2.39 bits per heavy atom. The zero-order valence-corrected chi connectivity index (χ0v) is 11.2. The summed E-state index contributed by atoms with van der Waals surface area (Å²) in [6.45, 7) is 5.71. The molecule has 6 heteroatoms. The number of hydrogen-bond acceptors (Lipinski definition) is 4. The predicted molar refractivity (Wildman–Crippen MR) is 67.5 cm³/mol. The van der Waals surface area contributed by atoms with Crippen LogP contribution in [0.15, 0.2) is 12.4 Å². The average molecular weight is 255 g/mol. The number of carbonyl (C=O) groups is 1. The summed E-state index contributed by atoms with van der Waals surface area (Å²) < 4.78 is 12.1. The first-order chi connectivity index (χ1) is 8.67. The van der Waals surface area contributed by atoms with E-state index in [2.05, 4.69) is 10.4 Å². The van der Waals surface area contributed by atoms with Gasteiger partial charge in [0.15, 0.2) is 11.9 Å². The normalized spacial score (nSPS) is 12.2. The molecule has 0 spiro atoms. The number of rotatable bonds is 8. The zero-order valence-electron chi connectivity index (χ0n) is 11.2. The first kappa shape index (κ1) is 14.5. The fourth-order valence-electron chi connectivity index (χ4n) is 1.41. The van der Waals surface area contributed by atoms with Crippen LogP contribution in [0.1, 0.15) is 20.3 Å². The number of methoxy groups -OCH3 is 1. The third-order valence-corrected chi connectivity index (χ3v) is 2.44. The van der Waals surface area contributed by atoms with Gasteiger partial charge in [-0.3, -0.25) is 9.48 Å². The van der Waals surface area contributed by atoms with Gasteiger partial charge in [-0.2, -0.15) is 5.10 Å². The third-order valence-electron chi connectivity index (χ3n) is 2.44. The topological polar surface area (TPSA) is 65.4 Å². The highest BCUT2D eigenvalue weighted by molar-refractivity contribution is 5.80. The molecule has 0 radical (unpaired) electrons. The van der Waals surface area contributed by atoms with Gasteiger partial charge in [0.1, 0.15) is 0 Å². The average Bonchev–Trinajstić information content (AvgIpc) is 2.82. The molecule has 6 nitrogen and oxygen atoms in total. The summed E-state index contributed by atoms with van der Waals surface area (Å²) in [5.74, 6) is 0.478. The van der Waals surface area contributed by atoms with Crippen LogP contribution in [0.2, 0.25) is 0 Å². The van der Waals surface area contributed by atoms with E-state index in [1.807, 2.05) is 6.92 Å². The van der Waals surface area contributed by atoms with E-state index in [0.29, 0.717) is 18.9 Å². The van der Waals surface area contributed by atoms with Crippen LogP contribution in [-0.2, 0) is 16.1 Å². The van der Waals surface area contributed by atoms with Gasteiger partial charge in [-0.1, -0.05) is 0 Å². The van der Waals surface area contributed by atoms with Crippen LogP contribution in [0, 0.1) is 0 Å². The number of amides is 1. The molecular weight excluding hydrogens is 234 g/mol. The zero-order chi connectivity index (χ0) is 13.4. The molecule has 0 aliphatic carbocycles. The minimum Gasteiger partial charge on any atom is -0.478 e. The Hall–Kier alpha value is -1.56. The second-order valence-electron chi connectivity index (χ2n) is 3.93. The summed E-state index contributed by atoms with van der Waals surface area (Å²) in [4.78, 5) is 11.7. The van der Waals surface area contributed by atoms with Crippen molar-refractivity contribution in [3.8, 4) is 5.75 Å². The molecule has 0 saturated heterocycles. The minimum absolute atomic E-state index is 0.129. The highest BCUT2D eigenvalue weighted by Crippen LogP contribution is 2.10. The van der Waals surface area contributed by atoms with Crippen molar-refractivity contribution in [1.82, 2.24) is 15.1 Å². The molecule has 1 N–H and O–H groups in total. The van der Waals surface area contributed by atoms with Crippen molar-refractivity contribution < 1.29 is 14.3 Å². The molecule has 1 rings (SSSR count). The molecule has 0 saturated carbocycles. The van der Waals surface area contributed by atoms with Gasteiger partial charge in [-0.25, -0.2) is 0 Å². The molecule has 0 aliphatic heterocycles. The van der Waals surface area contributed by atoms with Crippen molar-refractivity contribution in [2.45, 2.75) is 32.9 Å². The molecule has 1 aromatic heterocycles. The van der Waals surface area contributed by atoms with Crippen LogP contribution >= 0.6 is 0 Å². The van der Waals surface area contributed by atoms with Crippen molar-refractivity contribution >= 4 is 5.91 Å². The van der Waals surface area contributed by atoms with Crippen molar-refractivity contribution in [2.24, 2.45) is 0 Å². The lowest BCUT2D eigenvalue weighted by Crippen LogP contribution is -2.37. The van der Waals surface area contributed by atoms with Crippen molar-refractivity contribution in [3.63, 3.8) is 0 Å². The molecule has 0 fully saturated rings. The maximum atomic E-state index is 11.7. The molecule has 1 heterocycles. The van der Waals surface area contributed by atoms with Crippen LogP contribution in [-0.4, -0.2) is 42.1 Å². The fourth-order valence-corrected chi connectivity index (χ4v) is 1.41. The van der Waals surface area contributed by atoms with E-state index in [4.69, 9.17) is 9.47 Å². The maximum Gasteiger partial charge on any atom is 0.260 e. The predicted octanol–water partition coefficient (Wildman–Crippen LogP) is 0.823. The molecule has 1 amide bonds. The highest BCUT2D eigenvalue weighted by atomic mass is 16.5. The summed E-state index contributed by atoms with van der Waals surface area (Å²) >= 11 is 0. The number of carbonyl (C=O) groups excluding carboxylic acids is 1. The minimum atomic E-state index is -0.526. The van der Waals surface area contributed by atoms with E-state index >= 15 is 0 Å². The third kappa shape index (κ3) is 4.75. The SMILES string of the molecule is CCn1cc(OC(C)C(=O)NCCCOC)cn1. The van der Waals surface area contributed by atoms with Crippen LogP contribution in [0.25, 0.3) is 0 Å². The lowest BCUT2D eigenvalue weighted by molar-refractivity contribution is -0.127. The molecule has 0 aliphatic rings. The number of nitrogens with zero attached hydrogens (tertiary/aromatic N) is 2. The Balaban J connectivity index is 2.30. The fraction of sp³-hybridized carbons (Fsp3) is 0.667. The van der Waals surface area contributed by atoms with E-state index in [0.717, 1.165) is 13.0 Å². The van der Waals surface area contributed by atoms with Gasteiger partial charge >= 0.3 is 0 Å². The summed E-state index contributed by atoms with van der Waals surface area (Å²) in [6.07, 6.45) is 3.65. The Labute approximate surface area is 107 Å². The second-order valence-corrected chi connectivity index (χ2v) is 3.93. The molecule has 1 aromatic rings. The summed E-state index contributed by atoms with van der Waals surface area (Å²) in [6, 6.07) is 0. The van der Waals surface area contributed by atoms with E-state index in [1.54, 1.807) is 31.1 Å². The van der Waals surface area contributed by atoms with Gasteiger partial charge in [0, 0.05) is 26.8 Å². The second kappa shape index (κ2) is 7.71. The standard InChI is InChI=1S/C12H21N3O3/c1-4-15-9-11(8-14-15)18-10(2)12(16)13-6-5-7-17-3/h8-10H,4-7H2,1-3H3,(H,13,16). The van der Waals surface area contributed by atoms with Gasteiger partial charge in [-0.05, 0) is 20.3 Å². The van der Waals surface area contributed by atoms with E-state index < -0.39 is 6.10 Å². The van der Waals surface area contributed by atoms with Crippen LogP contribution in [0.4, 0.5) is 0 Å². The van der Waals surface area contributed by atoms with Gasteiger partial charge < -0.3 is 14.8 Å². The summed E-state index contributed by atoms with van der Waals surface area (Å²) in [5, 5.41) is 6.86. The monoisotopic (exact) mass is 255 g/mol. The molecule has 1 unspecified atom stereocenters. The van der Waals surface area contributed by atoms with Gasteiger partial charge in [0.2, 0.25) is 0 Å². The Morgan fingerprint density at radius 3 is 3.00 bits per heavy atom. The largest absolute Gasteiger partial charge is 0.478 e. The van der Waals surface area contributed by atoms with Crippen molar-refractivity contribution in [3.05, 3.63) is 12.4 Å². The van der Waals surface area contributed by atoms with Crippen molar-refractivity contribution in [2.75, 3.05) is 20.3 Å². The van der Waals surface area contributed by atoms with Crippen LogP contribution < -0.4 is 10.1 Å². The highest BCUT2D eigenvalue weighted by Gasteiger charge is 2.14. The molecule has 18 heavy (non-hydrogen) atoms. The quantitative estimate of drug-likeness (QED) is 0.699. The smallest absolute Gasteiger partial charge is 0.260 e. The molecule has 102 valence electrons. The summed E-state index contributed by atoms with van der Waals surface area (Å²) in [5.41, 5.74) is 0.